The Balaban J connectivity index is 2.33. The highest BCUT2D eigenvalue weighted by Crippen LogP contribution is 2.31. The van der Waals surface area contributed by atoms with Crippen LogP contribution in [0.1, 0.15) is 22.8 Å². The summed E-state index contributed by atoms with van der Waals surface area (Å²) >= 11 is 0. The molecule has 0 spiro atoms. The van der Waals surface area contributed by atoms with Crippen LogP contribution in [-0.2, 0) is 4.74 Å². The number of methoxy groups -OCH3 is 1. The van der Waals surface area contributed by atoms with E-state index in [1.807, 2.05) is 0 Å². The van der Waals surface area contributed by atoms with Gasteiger partial charge in [-0.25, -0.2) is 0 Å². The lowest BCUT2D eigenvalue weighted by atomic mass is 9.99. The monoisotopic (exact) mass is 221 g/mol. The average molecular weight is 221 g/mol. The zero-order valence-electron chi connectivity index (χ0n) is 10.2. The Labute approximate surface area is 96.8 Å². The van der Waals surface area contributed by atoms with Gasteiger partial charge < -0.3 is 14.8 Å². The van der Waals surface area contributed by atoms with E-state index in [1.54, 1.807) is 7.11 Å². The Morgan fingerprint density at radius 3 is 2.81 bits per heavy atom. The highest BCUT2D eigenvalue weighted by Gasteiger charge is 2.19. The highest BCUT2D eigenvalue weighted by molar-refractivity contribution is 5.46. The van der Waals surface area contributed by atoms with Crippen molar-refractivity contribution in [2.45, 2.75) is 20.0 Å². The lowest BCUT2D eigenvalue weighted by molar-refractivity contribution is 0.0272. The summed E-state index contributed by atoms with van der Waals surface area (Å²) in [5.74, 6) is 0.978. The summed E-state index contributed by atoms with van der Waals surface area (Å²) in [6.07, 6.45) is 0.156. The molecule has 3 nitrogen and oxygen atoms in total. The fraction of sp³-hybridized carbons (Fsp3) is 0.538. The van der Waals surface area contributed by atoms with Crippen molar-refractivity contribution < 1.29 is 9.47 Å². The molecule has 1 heterocycles. The summed E-state index contributed by atoms with van der Waals surface area (Å²) in [4.78, 5) is 0. The van der Waals surface area contributed by atoms with E-state index < -0.39 is 0 Å². The van der Waals surface area contributed by atoms with Gasteiger partial charge in [0.2, 0.25) is 0 Å². The van der Waals surface area contributed by atoms with Crippen LogP contribution in [0.15, 0.2) is 12.1 Å². The van der Waals surface area contributed by atoms with Crippen molar-refractivity contribution in [1.29, 1.82) is 0 Å². The van der Waals surface area contributed by atoms with E-state index in [-0.39, 0.29) is 6.10 Å². The third kappa shape index (κ3) is 2.06. The smallest absolute Gasteiger partial charge is 0.125 e. The molecule has 0 amide bonds. The summed E-state index contributed by atoms with van der Waals surface area (Å²) in [7, 11) is 1.72. The van der Waals surface area contributed by atoms with Gasteiger partial charge in [0, 0.05) is 13.1 Å². The van der Waals surface area contributed by atoms with E-state index in [2.05, 4.69) is 31.3 Å². The zero-order valence-corrected chi connectivity index (χ0v) is 10.2. The number of aryl methyl sites for hydroxylation is 1. The first kappa shape index (κ1) is 11.4. The second-order valence-corrected chi connectivity index (χ2v) is 4.19. The Morgan fingerprint density at radius 2 is 2.19 bits per heavy atom. The molecule has 0 aliphatic carbocycles. The van der Waals surface area contributed by atoms with Crippen LogP contribution in [-0.4, -0.2) is 26.8 Å². The van der Waals surface area contributed by atoms with E-state index in [0.717, 1.165) is 25.4 Å². The maximum Gasteiger partial charge on any atom is 0.125 e. The molecule has 1 aliphatic rings. The number of rotatable bonds is 2. The number of nitrogens with one attached hydrogen (secondary N) is 1. The predicted molar refractivity (Wildman–Crippen MR) is 64.0 cm³/mol. The van der Waals surface area contributed by atoms with E-state index in [9.17, 15) is 0 Å². The van der Waals surface area contributed by atoms with Gasteiger partial charge in [0.1, 0.15) is 5.75 Å². The second kappa shape index (κ2) is 4.85. The van der Waals surface area contributed by atoms with Crippen LogP contribution in [0.2, 0.25) is 0 Å². The van der Waals surface area contributed by atoms with Crippen molar-refractivity contribution in [2.75, 3.05) is 26.8 Å². The molecule has 1 unspecified atom stereocenters. The Bertz CT molecular complexity index is 370. The van der Waals surface area contributed by atoms with Crippen LogP contribution in [0.3, 0.4) is 0 Å². The molecule has 2 rings (SSSR count). The molecule has 0 saturated carbocycles. The van der Waals surface area contributed by atoms with Crippen LogP contribution in [0.5, 0.6) is 5.75 Å². The second-order valence-electron chi connectivity index (χ2n) is 4.19. The molecule has 1 aromatic rings. The van der Waals surface area contributed by atoms with Crippen LogP contribution in [0.4, 0.5) is 0 Å². The third-order valence-corrected chi connectivity index (χ3v) is 3.12. The van der Waals surface area contributed by atoms with Crippen LogP contribution < -0.4 is 10.1 Å². The van der Waals surface area contributed by atoms with Crippen molar-refractivity contribution in [3.05, 3.63) is 28.8 Å². The number of benzene rings is 1. The van der Waals surface area contributed by atoms with E-state index in [0.29, 0.717) is 0 Å². The van der Waals surface area contributed by atoms with Gasteiger partial charge in [0.05, 0.1) is 19.8 Å². The quantitative estimate of drug-likeness (QED) is 0.828. The van der Waals surface area contributed by atoms with Gasteiger partial charge in [0.15, 0.2) is 0 Å². The molecule has 0 bridgehead atoms. The lowest BCUT2D eigenvalue weighted by Crippen LogP contribution is -2.33. The summed E-state index contributed by atoms with van der Waals surface area (Å²) in [6.45, 7) is 6.76. The standard InChI is InChI=1S/C13H19NO2/c1-9-4-5-11(10(2)13(9)15-3)12-8-14-6-7-16-12/h4-5,12,14H,6-8H2,1-3H3. The number of morpholine rings is 1. The van der Waals surface area contributed by atoms with Crippen molar-refractivity contribution in [3.8, 4) is 5.75 Å². The molecule has 1 aliphatic heterocycles. The molecule has 1 N–H and O–H groups in total. The molecule has 1 saturated heterocycles. The molecule has 0 radical (unpaired) electrons. The molecular weight excluding hydrogens is 202 g/mol. The summed E-state index contributed by atoms with van der Waals surface area (Å²) in [5.41, 5.74) is 3.60. The Morgan fingerprint density at radius 1 is 1.38 bits per heavy atom. The number of ether oxygens (including phenoxy) is 2. The molecule has 0 aromatic heterocycles. The van der Waals surface area contributed by atoms with Crippen LogP contribution >= 0.6 is 0 Å². The first-order chi connectivity index (χ1) is 7.74. The molecular formula is C13H19NO2. The van der Waals surface area contributed by atoms with E-state index in [4.69, 9.17) is 9.47 Å². The Kier molecular flexibility index (Phi) is 3.46. The average Bonchev–Trinajstić information content (AvgIpc) is 2.31. The van der Waals surface area contributed by atoms with Gasteiger partial charge in [-0.15, -0.1) is 0 Å². The summed E-state index contributed by atoms with van der Waals surface area (Å²) < 4.78 is 11.2. The summed E-state index contributed by atoms with van der Waals surface area (Å²) in [5, 5.41) is 3.35. The van der Waals surface area contributed by atoms with Crippen molar-refractivity contribution in [3.63, 3.8) is 0 Å². The molecule has 88 valence electrons. The predicted octanol–water partition coefficient (Wildman–Crippen LogP) is 1.97. The topological polar surface area (TPSA) is 30.5 Å². The molecule has 1 aromatic carbocycles. The van der Waals surface area contributed by atoms with Crippen molar-refractivity contribution in [2.24, 2.45) is 0 Å². The van der Waals surface area contributed by atoms with Gasteiger partial charge in [-0.2, -0.15) is 0 Å². The third-order valence-electron chi connectivity index (χ3n) is 3.12. The SMILES string of the molecule is COc1c(C)ccc(C2CNCCO2)c1C. The maximum absolute atomic E-state index is 5.77. The minimum atomic E-state index is 0.156. The fourth-order valence-corrected chi connectivity index (χ4v) is 2.27. The maximum atomic E-state index is 5.77. The van der Waals surface area contributed by atoms with Crippen LogP contribution in [0.25, 0.3) is 0 Å². The summed E-state index contributed by atoms with van der Waals surface area (Å²) in [6, 6.07) is 4.24. The fourth-order valence-electron chi connectivity index (χ4n) is 2.27. The minimum Gasteiger partial charge on any atom is -0.496 e. The first-order valence-corrected chi connectivity index (χ1v) is 5.70. The number of hydrogen-bond donors (Lipinski definition) is 1. The van der Waals surface area contributed by atoms with E-state index >= 15 is 0 Å². The van der Waals surface area contributed by atoms with Gasteiger partial charge in [-0.05, 0) is 30.5 Å². The lowest BCUT2D eigenvalue weighted by Gasteiger charge is -2.26. The Hall–Kier alpha value is -1.06. The van der Waals surface area contributed by atoms with Gasteiger partial charge >= 0.3 is 0 Å². The first-order valence-electron chi connectivity index (χ1n) is 5.70. The highest BCUT2D eigenvalue weighted by atomic mass is 16.5. The zero-order chi connectivity index (χ0) is 11.5. The minimum absolute atomic E-state index is 0.156. The van der Waals surface area contributed by atoms with Gasteiger partial charge in [-0.1, -0.05) is 12.1 Å². The molecule has 3 heteroatoms. The molecule has 1 atom stereocenters. The van der Waals surface area contributed by atoms with E-state index in [1.165, 1.54) is 16.7 Å². The largest absolute Gasteiger partial charge is 0.496 e. The molecule has 1 fully saturated rings. The molecule has 16 heavy (non-hydrogen) atoms. The normalized spacial score (nSPS) is 20.8. The van der Waals surface area contributed by atoms with Crippen LogP contribution in [0, 0.1) is 13.8 Å². The van der Waals surface area contributed by atoms with Crippen molar-refractivity contribution in [1.82, 2.24) is 5.32 Å². The van der Waals surface area contributed by atoms with Gasteiger partial charge in [-0.3, -0.25) is 0 Å². The van der Waals surface area contributed by atoms with Crippen molar-refractivity contribution >= 4 is 0 Å². The number of hydrogen-bond acceptors (Lipinski definition) is 3. The van der Waals surface area contributed by atoms with Gasteiger partial charge in [0.25, 0.3) is 0 Å².